The van der Waals surface area contributed by atoms with E-state index in [1.165, 1.54) is 0 Å². The molecule has 17 heavy (non-hydrogen) atoms. The van der Waals surface area contributed by atoms with E-state index in [2.05, 4.69) is 21.2 Å². The Bertz CT molecular complexity index is 386. The molecule has 0 bridgehead atoms. The van der Waals surface area contributed by atoms with E-state index in [4.69, 9.17) is 4.42 Å². The molecule has 0 saturated carbocycles. The molecule has 1 aliphatic heterocycles. The molecular weight excluding hydrogens is 284 g/mol. The summed E-state index contributed by atoms with van der Waals surface area (Å²) in [5, 5.41) is 3.32. The number of halogens is 1. The Morgan fingerprint density at radius 2 is 2.24 bits per heavy atom. The highest BCUT2D eigenvalue weighted by atomic mass is 79.9. The summed E-state index contributed by atoms with van der Waals surface area (Å²) in [5.41, 5.74) is 0. The fourth-order valence-electron chi connectivity index (χ4n) is 2.15. The SMILES string of the molecule is CN(CC1CCNCC1)C(=O)c1ccc(Br)o1. The molecule has 1 fully saturated rings. The highest BCUT2D eigenvalue weighted by Crippen LogP contribution is 2.17. The zero-order chi connectivity index (χ0) is 12.3. The van der Waals surface area contributed by atoms with Gasteiger partial charge in [0.1, 0.15) is 0 Å². The summed E-state index contributed by atoms with van der Waals surface area (Å²) < 4.78 is 5.86. The maximum Gasteiger partial charge on any atom is 0.289 e. The van der Waals surface area contributed by atoms with Crippen molar-refractivity contribution < 1.29 is 9.21 Å². The van der Waals surface area contributed by atoms with Gasteiger partial charge >= 0.3 is 0 Å². The van der Waals surface area contributed by atoms with Crippen molar-refractivity contribution in [2.75, 3.05) is 26.7 Å². The monoisotopic (exact) mass is 300 g/mol. The first-order chi connectivity index (χ1) is 8.16. The molecule has 0 unspecified atom stereocenters. The van der Waals surface area contributed by atoms with Gasteiger partial charge in [0.15, 0.2) is 10.4 Å². The first-order valence-corrected chi connectivity index (χ1v) is 6.67. The molecule has 1 aliphatic rings. The summed E-state index contributed by atoms with van der Waals surface area (Å²) in [5.74, 6) is 0.950. The number of nitrogens with zero attached hydrogens (tertiary/aromatic N) is 1. The van der Waals surface area contributed by atoms with E-state index >= 15 is 0 Å². The number of carbonyl (C=O) groups excluding carboxylic acids is 1. The fraction of sp³-hybridized carbons (Fsp3) is 0.583. The first kappa shape index (κ1) is 12.6. The molecule has 0 spiro atoms. The van der Waals surface area contributed by atoms with Crippen LogP contribution in [0.15, 0.2) is 21.2 Å². The van der Waals surface area contributed by atoms with E-state index in [-0.39, 0.29) is 5.91 Å². The van der Waals surface area contributed by atoms with Gasteiger partial charge in [-0.15, -0.1) is 0 Å². The first-order valence-electron chi connectivity index (χ1n) is 5.88. The van der Waals surface area contributed by atoms with Crippen LogP contribution in [0.5, 0.6) is 0 Å². The number of furan rings is 1. The maximum atomic E-state index is 12.0. The quantitative estimate of drug-likeness (QED) is 0.930. The molecule has 1 aromatic rings. The van der Waals surface area contributed by atoms with Crippen molar-refractivity contribution >= 4 is 21.8 Å². The van der Waals surface area contributed by atoms with Crippen molar-refractivity contribution in [3.05, 3.63) is 22.6 Å². The number of piperidine rings is 1. The third kappa shape index (κ3) is 3.33. The second-order valence-electron chi connectivity index (χ2n) is 4.48. The lowest BCUT2D eigenvalue weighted by Gasteiger charge is -2.27. The third-order valence-electron chi connectivity index (χ3n) is 3.12. The van der Waals surface area contributed by atoms with E-state index in [9.17, 15) is 4.79 Å². The number of carbonyl (C=O) groups is 1. The van der Waals surface area contributed by atoms with E-state index in [0.717, 1.165) is 32.5 Å². The highest BCUT2D eigenvalue weighted by molar-refractivity contribution is 9.10. The van der Waals surface area contributed by atoms with Gasteiger partial charge in [0.2, 0.25) is 0 Å². The minimum absolute atomic E-state index is 0.0470. The lowest BCUT2D eigenvalue weighted by atomic mass is 9.98. The van der Waals surface area contributed by atoms with E-state index in [0.29, 0.717) is 16.3 Å². The smallest absolute Gasteiger partial charge is 0.289 e. The molecule has 0 aliphatic carbocycles. The molecule has 1 N–H and O–H groups in total. The summed E-state index contributed by atoms with van der Waals surface area (Å²) in [7, 11) is 1.83. The predicted octanol–water partition coefficient (Wildman–Crippen LogP) is 2.11. The fourth-order valence-corrected chi connectivity index (χ4v) is 2.46. The lowest BCUT2D eigenvalue weighted by molar-refractivity contribution is 0.0730. The van der Waals surface area contributed by atoms with Gasteiger partial charge in [-0.2, -0.15) is 0 Å². The van der Waals surface area contributed by atoms with Crippen LogP contribution in [-0.4, -0.2) is 37.5 Å². The van der Waals surface area contributed by atoms with Gasteiger partial charge in [-0.05, 0) is 59.9 Å². The van der Waals surface area contributed by atoms with Crippen LogP contribution >= 0.6 is 15.9 Å². The molecule has 94 valence electrons. The van der Waals surface area contributed by atoms with Gasteiger partial charge in [-0.3, -0.25) is 4.79 Å². The minimum Gasteiger partial charge on any atom is -0.444 e. The molecule has 0 radical (unpaired) electrons. The van der Waals surface area contributed by atoms with Gasteiger partial charge in [0.25, 0.3) is 5.91 Å². The van der Waals surface area contributed by atoms with Crippen LogP contribution in [-0.2, 0) is 0 Å². The summed E-state index contributed by atoms with van der Waals surface area (Å²) in [6, 6.07) is 3.44. The second kappa shape index (κ2) is 5.69. The largest absolute Gasteiger partial charge is 0.444 e. The lowest BCUT2D eigenvalue weighted by Crippen LogP contribution is -2.37. The van der Waals surface area contributed by atoms with Gasteiger partial charge in [0, 0.05) is 13.6 Å². The van der Waals surface area contributed by atoms with Crippen molar-refractivity contribution in [3.8, 4) is 0 Å². The normalized spacial score (nSPS) is 17.1. The number of hydrogen-bond acceptors (Lipinski definition) is 3. The Kier molecular flexibility index (Phi) is 4.23. The Balaban J connectivity index is 1.90. The average Bonchev–Trinajstić information content (AvgIpc) is 2.76. The molecule has 1 aromatic heterocycles. The van der Waals surface area contributed by atoms with Crippen molar-refractivity contribution in [1.29, 1.82) is 0 Å². The average molecular weight is 301 g/mol. The molecule has 0 aromatic carbocycles. The van der Waals surface area contributed by atoms with Gasteiger partial charge < -0.3 is 14.6 Å². The Morgan fingerprint density at radius 1 is 1.53 bits per heavy atom. The van der Waals surface area contributed by atoms with Crippen molar-refractivity contribution in [3.63, 3.8) is 0 Å². The topological polar surface area (TPSA) is 45.5 Å². The standard InChI is InChI=1S/C12H17BrN2O2/c1-15(8-9-4-6-14-7-5-9)12(16)10-2-3-11(13)17-10/h2-3,9,14H,4-8H2,1H3. The molecule has 1 amide bonds. The molecule has 4 nitrogen and oxygen atoms in total. The highest BCUT2D eigenvalue weighted by Gasteiger charge is 2.20. The van der Waals surface area contributed by atoms with Crippen LogP contribution in [0.2, 0.25) is 0 Å². The van der Waals surface area contributed by atoms with Gasteiger partial charge in [0.05, 0.1) is 0 Å². The van der Waals surface area contributed by atoms with Crippen LogP contribution in [0.3, 0.4) is 0 Å². The Hall–Kier alpha value is -0.810. The van der Waals surface area contributed by atoms with Crippen LogP contribution < -0.4 is 5.32 Å². The third-order valence-corrected chi connectivity index (χ3v) is 3.55. The van der Waals surface area contributed by atoms with Crippen LogP contribution in [0.1, 0.15) is 23.4 Å². The summed E-state index contributed by atoms with van der Waals surface area (Å²) in [4.78, 5) is 13.8. The predicted molar refractivity (Wildman–Crippen MR) is 69.0 cm³/mol. The summed E-state index contributed by atoms with van der Waals surface area (Å²) in [6.45, 7) is 2.91. The summed E-state index contributed by atoms with van der Waals surface area (Å²) in [6.07, 6.45) is 2.28. The van der Waals surface area contributed by atoms with Crippen LogP contribution in [0.25, 0.3) is 0 Å². The second-order valence-corrected chi connectivity index (χ2v) is 5.26. The number of rotatable bonds is 3. The van der Waals surface area contributed by atoms with E-state index < -0.39 is 0 Å². The molecule has 1 saturated heterocycles. The minimum atomic E-state index is -0.0470. The number of nitrogens with one attached hydrogen (secondary N) is 1. The zero-order valence-corrected chi connectivity index (χ0v) is 11.5. The molecule has 5 heteroatoms. The Morgan fingerprint density at radius 3 is 2.82 bits per heavy atom. The zero-order valence-electron chi connectivity index (χ0n) is 9.91. The van der Waals surface area contributed by atoms with Gasteiger partial charge in [-0.1, -0.05) is 0 Å². The molecular formula is C12H17BrN2O2. The van der Waals surface area contributed by atoms with Crippen molar-refractivity contribution in [1.82, 2.24) is 10.2 Å². The number of amides is 1. The molecule has 2 heterocycles. The summed E-state index contributed by atoms with van der Waals surface area (Å²) >= 11 is 3.20. The van der Waals surface area contributed by atoms with Crippen molar-refractivity contribution in [2.45, 2.75) is 12.8 Å². The van der Waals surface area contributed by atoms with E-state index in [1.807, 2.05) is 7.05 Å². The molecule has 0 atom stereocenters. The van der Waals surface area contributed by atoms with E-state index in [1.54, 1.807) is 17.0 Å². The van der Waals surface area contributed by atoms with Crippen LogP contribution in [0.4, 0.5) is 0 Å². The maximum absolute atomic E-state index is 12.0. The van der Waals surface area contributed by atoms with Crippen LogP contribution in [0, 0.1) is 5.92 Å². The van der Waals surface area contributed by atoms with Crippen molar-refractivity contribution in [2.24, 2.45) is 5.92 Å². The Labute approximate surface area is 109 Å². The van der Waals surface area contributed by atoms with Gasteiger partial charge in [-0.25, -0.2) is 0 Å². The molecule has 2 rings (SSSR count). The number of hydrogen-bond donors (Lipinski definition) is 1.